The number of carbonyl (C=O) groups excluding carboxylic acids is 1. The Hall–Kier alpha value is -2.08. The van der Waals surface area contributed by atoms with E-state index in [9.17, 15) is 0 Å². The topological polar surface area (TPSA) is 77.2 Å². The van der Waals surface area contributed by atoms with Gasteiger partial charge in [0.25, 0.3) is 0 Å². The molecular weight excluding hydrogens is 409 g/mol. The number of nitrogens with two attached hydrogens (primary N) is 1. The van der Waals surface area contributed by atoms with Crippen LogP contribution in [0.5, 0.6) is 11.6 Å². The molecule has 160 valence electrons. The zero-order valence-electron chi connectivity index (χ0n) is 17.7. The number of carbonyl (C=O) groups is 1. The second-order valence-electron chi connectivity index (χ2n) is 5.74. The first-order valence-electron chi connectivity index (χ1n) is 9.57. The Morgan fingerprint density at radius 3 is 2.28 bits per heavy atom. The van der Waals surface area contributed by atoms with Gasteiger partial charge >= 0.3 is 0 Å². The molecule has 1 atom stereocenters. The molecule has 1 aromatic carbocycles. The number of amides is 1. The second kappa shape index (κ2) is 15.8. The lowest BCUT2D eigenvalue weighted by Crippen LogP contribution is -2.17. The van der Waals surface area contributed by atoms with Gasteiger partial charge in [-0.3, -0.25) is 4.79 Å². The molecule has 0 saturated carbocycles. The summed E-state index contributed by atoms with van der Waals surface area (Å²) in [6, 6.07) is 7.83. The van der Waals surface area contributed by atoms with Gasteiger partial charge in [-0.25, -0.2) is 4.98 Å². The van der Waals surface area contributed by atoms with Crippen LogP contribution in [0, 0.1) is 0 Å². The number of aryl methyl sites for hydroxylation is 1. The van der Waals surface area contributed by atoms with Crippen molar-refractivity contribution in [2.24, 2.45) is 5.73 Å². The number of likely N-dealkylation sites (N-methyl/N-ethyl adjacent to an activating group) is 1. The molecule has 0 aliphatic rings. The first-order chi connectivity index (χ1) is 13.9. The van der Waals surface area contributed by atoms with Crippen LogP contribution in [0.15, 0.2) is 36.5 Å². The van der Waals surface area contributed by atoms with E-state index < -0.39 is 0 Å². The molecule has 0 spiro atoms. The lowest BCUT2D eigenvalue weighted by Gasteiger charge is -2.11. The number of pyridine rings is 1. The summed E-state index contributed by atoms with van der Waals surface area (Å²) < 4.78 is 5.76. The third-order valence-corrected chi connectivity index (χ3v) is 4.16. The molecule has 1 aromatic heterocycles. The molecule has 2 rings (SSSR count). The molecule has 0 saturated heterocycles. The molecule has 2 aromatic rings. The van der Waals surface area contributed by atoms with Gasteiger partial charge < -0.3 is 15.8 Å². The van der Waals surface area contributed by atoms with Gasteiger partial charge in [-0.05, 0) is 49.7 Å². The van der Waals surface area contributed by atoms with Crippen LogP contribution >= 0.6 is 23.2 Å². The van der Waals surface area contributed by atoms with Crippen LogP contribution in [0.25, 0.3) is 6.08 Å². The smallest absolute Gasteiger partial charge is 0.219 e. The SMILES string of the molecule is CC.CCCc1cc(Cl)c(Oc2ccc(/C=C/[C@H](C)NC)cn2)c(Cl)c1.NC=O. The summed E-state index contributed by atoms with van der Waals surface area (Å²) in [6.45, 7) is 8.19. The molecule has 29 heavy (non-hydrogen) atoms. The highest BCUT2D eigenvalue weighted by molar-refractivity contribution is 6.37. The van der Waals surface area contributed by atoms with Gasteiger partial charge in [0.15, 0.2) is 5.75 Å². The Morgan fingerprint density at radius 2 is 1.83 bits per heavy atom. The highest BCUT2D eigenvalue weighted by Gasteiger charge is 2.11. The van der Waals surface area contributed by atoms with E-state index in [-0.39, 0.29) is 6.41 Å². The number of aromatic nitrogens is 1. The lowest BCUT2D eigenvalue weighted by atomic mass is 10.1. The molecule has 0 fully saturated rings. The fourth-order valence-corrected chi connectivity index (χ4v) is 2.76. The molecule has 0 aliphatic carbocycles. The van der Waals surface area contributed by atoms with Gasteiger partial charge in [0.1, 0.15) is 0 Å². The number of benzene rings is 1. The predicted molar refractivity (Wildman–Crippen MR) is 124 cm³/mol. The average Bonchev–Trinajstić information content (AvgIpc) is 2.72. The minimum atomic E-state index is 0.250. The maximum absolute atomic E-state index is 8.58. The molecule has 5 nitrogen and oxygen atoms in total. The van der Waals surface area contributed by atoms with E-state index in [4.69, 9.17) is 32.7 Å². The molecule has 1 amide bonds. The van der Waals surface area contributed by atoms with Crippen molar-refractivity contribution in [1.29, 1.82) is 0 Å². The standard InChI is InChI=1S/C19H22Cl2N2O.C2H6.CH3NO/c1-4-5-15-10-16(20)19(17(21)11-15)24-18-9-8-14(12-23-18)7-6-13(2)22-3;1-2;2-1-3/h6-13,22H,4-5H2,1-3H3;1-2H3;1H,(H2,2,3)/b7-6+;;/t13-;;/m0../s1. The third-order valence-electron chi connectivity index (χ3n) is 3.60. The predicted octanol–water partition coefficient (Wildman–Crippen LogP) is 5.88. The van der Waals surface area contributed by atoms with Crippen LogP contribution in [0.4, 0.5) is 0 Å². The Labute approximate surface area is 184 Å². The maximum Gasteiger partial charge on any atom is 0.219 e. The van der Waals surface area contributed by atoms with Gasteiger partial charge in [-0.2, -0.15) is 0 Å². The van der Waals surface area contributed by atoms with Gasteiger partial charge in [0.2, 0.25) is 12.3 Å². The monoisotopic (exact) mass is 439 g/mol. The minimum Gasteiger partial charge on any atom is -0.436 e. The van der Waals surface area contributed by atoms with E-state index in [2.05, 4.69) is 36.0 Å². The summed E-state index contributed by atoms with van der Waals surface area (Å²) in [4.78, 5) is 12.9. The minimum absolute atomic E-state index is 0.250. The number of halogens is 2. The Bertz CT molecular complexity index is 727. The van der Waals surface area contributed by atoms with Crippen molar-refractivity contribution in [3.63, 3.8) is 0 Å². The highest BCUT2D eigenvalue weighted by atomic mass is 35.5. The quantitative estimate of drug-likeness (QED) is 0.527. The molecule has 0 bridgehead atoms. The summed E-state index contributed by atoms with van der Waals surface area (Å²) in [7, 11) is 1.92. The van der Waals surface area contributed by atoms with Gasteiger partial charge in [0.05, 0.1) is 10.0 Å². The first kappa shape index (κ1) is 26.9. The van der Waals surface area contributed by atoms with Crippen LogP contribution in [0.1, 0.15) is 45.2 Å². The number of rotatable bonds is 7. The largest absolute Gasteiger partial charge is 0.436 e. The average molecular weight is 440 g/mol. The fourth-order valence-electron chi connectivity index (χ4n) is 2.15. The number of hydrogen-bond acceptors (Lipinski definition) is 4. The Balaban J connectivity index is 0.00000143. The highest BCUT2D eigenvalue weighted by Crippen LogP contribution is 2.37. The van der Waals surface area contributed by atoms with Crippen molar-refractivity contribution in [2.75, 3.05) is 7.05 Å². The lowest BCUT2D eigenvalue weighted by molar-refractivity contribution is -0.106. The first-order valence-corrected chi connectivity index (χ1v) is 10.3. The summed E-state index contributed by atoms with van der Waals surface area (Å²) in [5, 5.41) is 4.14. The zero-order chi connectivity index (χ0) is 22.2. The third kappa shape index (κ3) is 10.3. The van der Waals surface area contributed by atoms with Crippen LogP contribution in [-0.4, -0.2) is 24.5 Å². The van der Waals surface area contributed by atoms with E-state index in [0.717, 1.165) is 24.0 Å². The van der Waals surface area contributed by atoms with E-state index in [1.165, 1.54) is 0 Å². The van der Waals surface area contributed by atoms with Crippen LogP contribution in [0.3, 0.4) is 0 Å². The number of hydrogen-bond donors (Lipinski definition) is 2. The maximum atomic E-state index is 8.58. The molecule has 0 aliphatic heterocycles. The summed E-state index contributed by atoms with van der Waals surface area (Å²) in [5.74, 6) is 0.902. The molecule has 3 N–H and O–H groups in total. The molecular formula is C22H31Cl2N3O2. The van der Waals surface area contributed by atoms with Crippen molar-refractivity contribution < 1.29 is 9.53 Å². The van der Waals surface area contributed by atoms with Gasteiger partial charge in [-0.1, -0.05) is 62.5 Å². The van der Waals surface area contributed by atoms with E-state index in [0.29, 0.717) is 27.7 Å². The Kier molecular flexibility index (Phi) is 14.7. The summed E-state index contributed by atoms with van der Waals surface area (Å²) >= 11 is 12.6. The van der Waals surface area contributed by atoms with Gasteiger partial charge in [0, 0.05) is 18.3 Å². The van der Waals surface area contributed by atoms with Gasteiger partial charge in [-0.15, -0.1) is 0 Å². The van der Waals surface area contributed by atoms with Crippen molar-refractivity contribution in [1.82, 2.24) is 10.3 Å². The summed E-state index contributed by atoms with van der Waals surface area (Å²) in [5.41, 5.74) is 6.27. The molecule has 0 unspecified atom stereocenters. The van der Waals surface area contributed by atoms with Crippen molar-refractivity contribution in [2.45, 2.75) is 46.6 Å². The number of ether oxygens (including phenoxy) is 1. The number of nitrogens with one attached hydrogen (secondary N) is 1. The van der Waals surface area contributed by atoms with Crippen molar-refractivity contribution in [3.8, 4) is 11.6 Å². The van der Waals surface area contributed by atoms with E-state index in [1.807, 2.05) is 45.2 Å². The fraction of sp³-hybridized carbons (Fsp3) is 0.364. The Morgan fingerprint density at radius 1 is 1.24 bits per heavy atom. The molecule has 7 heteroatoms. The van der Waals surface area contributed by atoms with Crippen LogP contribution in [0.2, 0.25) is 10.0 Å². The van der Waals surface area contributed by atoms with Crippen molar-refractivity contribution >= 4 is 35.7 Å². The molecule has 0 radical (unpaired) electrons. The van der Waals surface area contributed by atoms with E-state index >= 15 is 0 Å². The van der Waals surface area contributed by atoms with Crippen molar-refractivity contribution in [3.05, 3.63) is 57.7 Å². The van der Waals surface area contributed by atoms with Crippen LogP contribution in [-0.2, 0) is 11.2 Å². The van der Waals surface area contributed by atoms with E-state index in [1.54, 1.807) is 12.3 Å². The number of nitrogens with zero attached hydrogens (tertiary/aromatic N) is 1. The zero-order valence-corrected chi connectivity index (χ0v) is 19.2. The number of primary amides is 1. The molecule has 1 heterocycles. The normalized spacial score (nSPS) is 11.0. The summed E-state index contributed by atoms with van der Waals surface area (Å²) in [6.07, 6.45) is 8.05. The van der Waals surface area contributed by atoms with Crippen LogP contribution < -0.4 is 15.8 Å². The second-order valence-corrected chi connectivity index (χ2v) is 6.56.